The normalized spacial score (nSPS) is 36.8. The van der Waals surface area contributed by atoms with Crippen molar-refractivity contribution in [2.75, 3.05) is 13.1 Å². The predicted octanol–water partition coefficient (Wildman–Crippen LogP) is 2.69. The van der Waals surface area contributed by atoms with Crippen molar-refractivity contribution < 1.29 is 9.90 Å². The third kappa shape index (κ3) is 3.02. The predicted molar refractivity (Wildman–Crippen MR) is 72.4 cm³/mol. The Labute approximate surface area is 109 Å². The van der Waals surface area contributed by atoms with Gasteiger partial charge in [0, 0.05) is 12.0 Å². The zero-order chi connectivity index (χ0) is 13.2. The van der Waals surface area contributed by atoms with E-state index in [0.717, 1.165) is 32.4 Å². The molecule has 2 rings (SSSR count). The van der Waals surface area contributed by atoms with Gasteiger partial charge in [-0.3, -0.25) is 9.69 Å². The number of allylic oxidation sites excluding steroid dienone is 3. The number of carboxylic acid groups (broad SMARTS) is 1. The number of hydrogen-bond donors (Lipinski definition) is 1. The first-order valence-corrected chi connectivity index (χ1v) is 6.81. The van der Waals surface area contributed by atoms with Gasteiger partial charge in [-0.25, -0.2) is 0 Å². The van der Waals surface area contributed by atoms with E-state index in [2.05, 4.69) is 43.1 Å². The molecule has 1 saturated heterocycles. The molecule has 1 N–H and O–H groups in total. The molecule has 3 atom stereocenters. The Balaban J connectivity index is 2.04. The highest BCUT2D eigenvalue weighted by Gasteiger charge is 2.35. The summed E-state index contributed by atoms with van der Waals surface area (Å²) in [4.78, 5) is 13.5. The molecule has 0 radical (unpaired) electrons. The van der Waals surface area contributed by atoms with Gasteiger partial charge in [-0.05, 0) is 31.7 Å². The Kier molecular flexibility index (Phi) is 3.91. The van der Waals surface area contributed by atoms with Crippen molar-refractivity contribution in [3.63, 3.8) is 0 Å². The van der Waals surface area contributed by atoms with Gasteiger partial charge in [0.05, 0.1) is 0 Å². The molecule has 1 aliphatic carbocycles. The maximum atomic E-state index is 11.4. The second-order valence-electron chi connectivity index (χ2n) is 6.10. The topological polar surface area (TPSA) is 40.5 Å². The molecule has 0 spiro atoms. The van der Waals surface area contributed by atoms with Crippen LogP contribution in [-0.4, -0.2) is 35.1 Å². The number of carboxylic acids is 1. The van der Waals surface area contributed by atoms with Crippen LogP contribution in [0.1, 0.15) is 33.1 Å². The van der Waals surface area contributed by atoms with E-state index < -0.39 is 5.97 Å². The molecule has 0 bridgehead atoms. The molecule has 18 heavy (non-hydrogen) atoms. The van der Waals surface area contributed by atoms with Crippen LogP contribution in [0, 0.1) is 11.3 Å². The summed E-state index contributed by atoms with van der Waals surface area (Å²) in [6.07, 6.45) is 11.4. The Bertz CT molecular complexity index is 375. The SMILES string of the molecule is CC1CCN(CC2(C)C=CC=CC2)C(C(=O)O)C1. The molecule has 1 heterocycles. The first-order chi connectivity index (χ1) is 8.50. The van der Waals surface area contributed by atoms with Gasteiger partial charge in [0.25, 0.3) is 0 Å². The second kappa shape index (κ2) is 5.27. The highest BCUT2D eigenvalue weighted by atomic mass is 16.4. The van der Waals surface area contributed by atoms with Gasteiger partial charge in [0.15, 0.2) is 0 Å². The zero-order valence-electron chi connectivity index (χ0n) is 11.3. The number of likely N-dealkylation sites (tertiary alicyclic amines) is 1. The lowest BCUT2D eigenvalue weighted by molar-refractivity contribution is -0.145. The summed E-state index contributed by atoms with van der Waals surface area (Å²) in [6.45, 7) is 6.12. The maximum absolute atomic E-state index is 11.4. The van der Waals surface area contributed by atoms with Crippen molar-refractivity contribution in [3.8, 4) is 0 Å². The van der Waals surface area contributed by atoms with Crippen molar-refractivity contribution in [3.05, 3.63) is 24.3 Å². The van der Waals surface area contributed by atoms with Crippen molar-refractivity contribution in [1.82, 2.24) is 4.90 Å². The Morgan fingerprint density at radius 1 is 1.50 bits per heavy atom. The third-order valence-electron chi connectivity index (χ3n) is 4.15. The number of aliphatic carboxylic acids is 1. The summed E-state index contributed by atoms with van der Waals surface area (Å²) in [5.41, 5.74) is 0.0863. The number of rotatable bonds is 3. The smallest absolute Gasteiger partial charge is 0.320 e. The van der Waals surface area contributed by atoms with Gasteiger partial charge >= 0.3 is 5.97 Å². The molecule has 1 fully saturated rings. The molecule has 3 heteroatoms. The molecule has 2 aliphatic rings. The van der Waals surface area contributed by atoms with Crippen LogP contribution in [0.15, 0.2) is 24.3 Å². The minimum atomic E-state index is -0.666. The average Bonchev–Trinajstić information content (AvgIpc) is 2.32. The van der Waals surface area contributed by atoms with Gasteiger partial charge in [-0.1, -0.05) is 38.2 Å². The van der Waals surface area contributed by atoms with Crippen LogP contribution >= 0.6 is 0 Å². The quantitative estimate of drug-likeness (QED) is 0.836. The van der Waals surface area contributed by atoms with Crippen LogP contribution in [0.4, 0.5) is 0 Å². The molecule has 0 aromatic carbocycles. The van der Waals surface area contributed by atoms with E-state index in [1.54, 1.807) is 0 Å². The van der Waals surface area contributed by atoms with E-state index in [1.807, 2.05) is 0 Å². The van der Waals surface area contributed by atoms with Crippen LogP contribution in [0.5, 0.6) is 0 Å². The van der Waals surface area contributed by atoms with Crippen LogP contribution in [0.2, 0.25) is 0 Å². The molecule has 0 aromatic rings. The maximum Gasteiger partial charge on any atom is 0.320 e. The minimum absolute atomic E-state index is 0.0863. The summed E-state index contributed by atoms with van der Waals surface area (Å²) in [5, 5.41) is 9.37. The summed E-state index contributed by atoms with van der Waals surface area (Å²) >= 11 is 0. The van der Waals surface area contributed by atoms with Gasteiger partial charge in [-0.15, -0.1) is 0 Å². The molecule has 0 amide bonds. The monoisotopic (exact) mass is 249 g/mol. The lowest BCUT2D eigenvalue weighted by Gasteiger charge is -2.41. The summed E-state index contributed by atoms with van der Waals surface area (Å²) < 4.78 is 0. The fourth-order valence-corrected chi connectivity index (χ4v) is 2.99. The van der Waals surface area contributed by atoms with Crippen molar-refractivity contribution in [2.24, 2.45) is 11.3 Å². The van der Waals surface area contributed by atoms with Gasteiger partial charge < -0.3 is 5.11 Å². The molecule has 1 aliphatic heterocycles. The summed E-state index contributed by atoms with van der Waals surface area (Å²) in [7, 11) is 0. The Morgan fingerprint density at radius 3 is 2.89 bits per heavy atom. The average molecular weight is 249 g/mol. The van der Waals surface area contributed by atoms with E-state index >= 15 is 0 Å². The summed E-state index contributed by atoms with van der Waals surface area (Å²) in [5.74, 6) is -0.141. The zero-order valence-corrected chi connectivity index (χ0v) is 11.3. The number of carbonyl (C=O) groups is 1. The Hall–Kier alpha value is -1.09. The van der Waals surface area contributed by atoms with Crippen LogP contribution in [-0.2, 0) is 4.79 Å². The van der Waals surface area contributed by atoms with Gasteiger partial charge in [0.1, 0.15) is 6.04 Å². The molecular formula is C15H23NO2. The fraction of sp³-hybridized carbons (Fsp3) is 0.667. The lowest BCUT2D eigenvalue weighted by Crippen LogP contribution is -2.50. The van der Waals surface area contributed by atoms with Gasteiger partial charge in [-0.2, -0.15) is 0 Å². The van der Waals surface area contributed by atoms with E-state index in [9.17, 15) is 9.90 Å². The highest BCUT2D eigenvalue weighted by molar-refractivity contribution is 5.73. The lowest BCUT2D eigenvalue weighted by atomic mass is 9.81. The van der Waals surface area contributed by atoms with Gasteiger partial charge in [0.2, 0.25) is 0 Å². The van der Waals surface area contributed by atoms with Crippen LogP contribution < -0.4 is 0 Å². The van der Waals surface area contributed by atoms with Crippen molar-refractivity contribution >= 4 is 5.97 Å². The van der Waals surface area contributed by atoms with Crippen LogP contribution in [0.3, 0.4) is 0 Å². The molecule has 0 saturated carbocycles. The largest absolute Gasteiger partial charge is 0.480 e. The molecule has 100 valence electrons. The summed E-state index contributed by atoms with van der Waals surface area (Å²) in [6, 6.07) is -0.301. The van der Waals surface area contributed by atoms with E-state index in [4.69, 9.17) is 0 Å². The fourth-order valence-electron chi connectivity index (χ4n) is 2.99. The van der Waals surface area contributed by atoms with E-state index in [0.29, 0.717) is 5.92 Å². The highest BCUT2D eigenvalue weighted by Crippen LogP contribution is 2.32. The van der Waals surface area contributed by atoms with E-state index in [-0.39, 0.29) is 11.5 Å². The molecule has 0 aromatic heterocycles. The molecule has 3 nitrogen and oxygen atoms in total. The molecule has 3 unspecified atom stereocenters. The number of nitrogens with zero attached hydrogens (tertiary/aromatic N) is 1. The van der Waals surface area contributed by atoms with Crippen molar-refractivity contribution in [1.29, 1.82) is 0 Å². The minimum Gasteiger partial charge on any atom is -0.480 e. The first-order valence-electron chi connectivity index (χ1n) is 6.81. The molecular weight excluding hydrogens is 226 g/mol. The third-order valence-corrected chi connectivity index (χ3v) is 4.15. The Morgan fingerprint density at radius 2 is 2.28 bits per heavy atom. The second-order valence-corrected chi connectivity index (χ2v) is 6.10. The van der Waals surface area contributed by atoms with Crippen LogP contribution in [0.25, 0.3) is 0 Å². The van der Waals surface area contributed by atoms with E-state index in [1.165, 1.54) is 0 Å². The first kappa shape index (κ1) is 13.3. The van der Waals surface area contributed by atoms with Crippen molar-refractivity contribution in [2.45, 2.75) is 39.2 Å². The number of piperidine rings is 1. The number of hydrogen-bond acceptors (Lipinski definition) is 2. The standard InChI is InChI=1S/C15H23NO2/c1-12-6-9-16(13(10-12)14(17)18)11-15(2)7-4-3-5-8-15/h3-5,7,12-13H,6,8-11H2,1-2H3,(H,17,18).